The van der Waals surface area contributed by atoms with E-state index in [0.717, 1.165) is 12.1 Å². The van der Waals surface area contributed by atoms with E-state index in [9.17, 15) is 26.8 Å². The number of carbonyl (C=O) groups excluding carboxylic acids is 2. The normalized spacial score (nSPS) is 15.3. The molecule has 1 heterocycles. The molecule has 0 saturated carbocycles. The van der Waals surface area contributed by atoms with Crippen molar-refractivity contribution in [1.29, 1.82) is 0 Å². The van der Waals surface area contributed by atoms with Gasteiger partial charge in [0.05, 0.1) is 4.90 Å². The van der Waals surface area contributed by atoms with Crippen LogP contribution in [0.4, 0.5) is 13.6 Å². The number of piperazine rings is 1. The van der Waals surface area contributed by atoms with Gasteiger partial charge in [-0.15, -0.1) is 0 Å². The molecule has 1 saturated heterocycles. The largest absolute Gasteiger partial charge is 0.339 e. The van der Waals surface area contributed by atoms with Crippen LogP contribution in [0.15, 0.2) is 47.4 Å². The lowest BCUT2D eigenvalue weighted by Gasteiger charge is -2.35. The number of nitrogens with two attached hydrogens (primary N) is 1. The van der Waals surface area contributed by atoms with Crippen molar-refractivity contribution in [3.63, 3.8) is 0 Å². The summed E-state index contributed by atoms with van der Waals surface area (Å²) in [6.07, 6.45) is 0.198. The Morgan fingerprint density at radius 1 is 1.00 bits per heavy atom. The highest BCUT2D eigenvalue weighted by atomic mass is 35.5. The highest BCUT2D eigenvalue weighted by Gasteiger charge is 2.28. The summed E-state index contributed by atoms with van der Waals surface area (Å²) < 4.78 is 53.1. The molecule has 0 bridgehead atoms. The molecule has 33 heavy (non-hydrogen) atoms. The number of hydrogen-bond donors (Lipinski definition) is 2. The average Bonchev–Trinajstić information content (AvgIpc) is 2.76. The number of hydrogen-bond acceptors (Lipinski definition) is 5. The van der Waals surface area contributed by atoms with Gasteiger partial charge in [-0.1, -0.05) is 17.7 Å². The highest BCUT2D eigenvalue weighted by molar-refractivity contribution is 7.90. The predicted molar refractivity (Wildman–Crippen MR) is 118 cm³/mol. The summed E-state index contributed by atoms with van der Waals surface area (Å²) in [5.41, 5.74) is 6.48. The summed E-state index contributed by atoms with van der Waals surface area (Å²) in [5, 5.41) is 0.366. The molecule has 0 unspecified atom stereocenters. The fourth-order valence-electron chi connectivity index (χ4n) is 3.41. The first kappa shape index (κ1) is 24.9. The highest BCUT2D eigenvalue weighted by Crippen LogP contribution is 2.15. The Hall–Kier alpha value is -2.76. The van der Waals surface area contributed by atoms with Gasteiger partial charge in [-0.2, -0.15) is 0 Å². The number of sulfonamides is 1. The van der Waals surface area contributed by atoms with Gasteiger partial charge in [0, 0.05) is 43.7 Å². The van der Waals surface area contributed by atoms with E-state index in [0.29, 0.717) is 10.6 Å². The van der Waals surface area contributed by atoms with Gasteiger partial charge in [0.2, 0.25) is 5.91 Å². The zero-order valence-corrected chi connectivity index (χ0v) is 19.1. The van der Waals surface area contributed by atoms with Crippen LogP contribution < -0.4 is 10.5 Å². The molecule has 0 spiro atoms. The number of nitrogens with zero attached hydrogens (tertiary/aromatic N) is 2. The maximum absolute atomic E-state index is 13.3. The molecule has 2 aromatic carbocycles. The third kappa shape index (κ3) is 6.62. The maximum atomic E-state index is 13.3. The third-order valence-electron chi connectivity index (χ3n) is 5.18. The zero-order valence-electron chi connectivity index (χ0n) is 17.5. The fourth-order valence-corrected chi connectivity index (χ4v) is 4.50. The molecule has 1 atom stereocenters. The standard InChI is InChI=1S/C21H23ClF2N4O4S/c22-15-2-4-17(5-3-15)33(31,32)26-21(30)28-9-7-27(8-10-28)20(29)13-16(25)11-14-1-6-18(23)19(24)12-14/h1-6,12,16H,7-11,13,25H2,(H,26,30)/t16-/m1/s1. The topological polar surface area (TPSA) is 113 Å². The van der Waals surface area contributed by atoms with E-state index in [1.165, 1.54) is 40.1 Å². The Bertz CT molecular complexity index is 1120. The lowest BCUT2D eigenvalue weighted by Crippen LogP contribution is -2.54. The van der Waals surface area contributed by atoms with Crippen LogP contribution in [0.5, 0.6) is 0 Å². The van der Waals surface area contributed by atoms with Crippen LogP contribution in [-0.4, -0.2) is 62.4 Å². The van der Waals surface area contributed by atoms with Gasteiger partial charge in [0.25, 0.3) is 10.0 Å². The molecule has 3 rings (SSSR count). The minimum absolute atomic E-state index is 0.00383. The average molecular weight is 501 g/mol. The summed E-state index contributed by atoms with van der Waals surface area (Å²) >= 11 is 5.75. The molecule has 8 nitrogen and oxygen atoms in total. The van der Waals surface area contributed by atoms with Crippen molar-refractivity contribution < 1.29 is 26.8 Å². The molecule has 2 aromatic rings. The minimum Gasteiger partial charge on any atom is -0.339 e. The van der Waals surface area contributed by atoms with Crippen LogP contribution in [-0.2, 0) is 21.2 Å². The van der Waals surface area contributed by atoms with E-state index in [1.54, 1.807) is 0 Å². The van der Waals surface area contributed by atoms with Crippen molar-refractivity contribution in [2.75, 3.05) is 26.2 Å². The van der Waals surface area contributed by atoms with Crippen LogP contribution in [0.1, 0.15) is 12.0 Å². The monoisotopic (exact) mass is 500 g/mol. The quantitative estimate of drug-likeness (QED) is 0.631. The van der Waals surface area contributed by atoms with Gasteiger partial charge in [-0.3, -0.25) is 4.79 Å². The second-order valence-corrected chi connectivity index (χ2v) is 9.77. The fraction of sp³-hybridized carbons (Fsp3) is 0.333. The van der Waals surface area contributed by atoms with Gasteiger partial charge in [-0.25, -0.2) is 26.7 Å². The van der Waals surface area contributed by atoms with Crippen molar-refractivity contribution in [2.45, 2.75) is 23.8 Å². The lowest BCUT2D eigenvalue weighted by atomic mass is 10.0. The Morgan fingerprint density at radius 3 is 2.21 bits per heavy atom. The number of amides is 3. The lowest BCUT2D eigenvalue weighted by molar-refractivity contribution is -0.132. The van der Waals surface area contributed by atoms with Crippen molar-refractivity contribution in [3.05, 3.63) is 64.7 Å². The van der Waals surface area contributed by atoms with E-state index >= 15 is 0 Å². The van der Waals surface area contributed by atoms with Crippen LogP contribution in [0.2, 0.25) is 5.02 Å². The van der Waals surface area contributed by atoms with Gasteiger partial charge in [0.1, 0.15) is 0 Å². The molecular weight excluding hydrogens is 478 g/mol. The van der Waals surface area contributed by atoms with Gasteiger partial charge >= 0.3 is 6.03 Å². The van der Waals surface area contributed by atoms with Crippen molar-refractivity contribution in [1.82, 2.24) is 14.5 Å². The molecule has 3 amide bonds. The molecule has 12 heteroatoms. The minimum atomic E-state index is -4.05. The molecule has 1 aliphatic heterocycles. The second kappa shape index (κ2) is 10.4. The number of benzene rings is 2. The Kier molecular flexibility index (Phi) is 7.88. The smallest absolute Gasteiger partial charge is 0.331 e. The first-order chi connectivity index (χ1) is 15.5. The summed E-state index contributed by atoms with van der Waals surface area (Å²) in [5.74, 6) is -2.16. The molecule has 1 aliphatic rings. The Morgan fingerprint density at radius 2 is 1.61 bits per heavy atom. The first-order valence-corrected chi connectivity index (χ1v) is 12.0. The van der Waals surface area contributed by atoms with E-state index < -0.39 is 33.7 Å². The third-order valence-corrected chi connectivity index (χ3v) is 6.77. The van der Waals surface area contributed by atoms with Crippen LogP contribution in [0.25, 0.3) is 0 Å². The number of halogens is 3. The van der Waals surface area contributed by atoms with Crippen LogP contribution in [0, 0.1) is 11.6 Å². The van der Waals surface area contributed by atoms with Crippen LogP contribution >= 0.6 is 11.6 Å². The van der Waals surface area contributed by atoms with Crippen molar-refractivity contribution in [3.8, 4) is 0 Å². The van der Waals surface area contributed by atoms with E-state index in [1.807, 2.05) is 4.72 Å². The number of urea groups is 1. The summed E-state index contributed by atoms with van der Waals surface area (Å²) in [7, 11) is -4.05. The molecule has 0 aliphatic carbocycles. The number of rotatable bonds is 6. The number of carbonyl (C=O) groups is 2. The molecule has 0 radical (unpaired) electrons. The van der Waals surface area contributed by atoms with Gasteiger partial charge in [-0.05, 0) is 48.4 Å². The van der Waals surface area contributed by atoms with Crippen molar-refractivity contribution >= 4 is 33.6 Å². The SMILES string of the molecule is N[C@@H](CC(=O)N1CCN(C(=O)NS(=O)(=O)c2ccc(Cl)cc2)CC1)Cc1ccc(F)c(F)c1. The summed E-state index contributed by atoms with van der Waals surface area (Å²) in [6.45, 7) is 0.717. The van der Waals surface area contributed by atoms with Gasteiger partial charge < -0.3 is 15.5 Å². The molecule has 178 valence electrons. The predicted octanol–water partition coefficient (Wildman–Crippen LogP) is 2.12. The molecule has 0 aromatic heterocycles. The van der Waals surface area contributed by atoms with Crippen molar-refractivity contribution in [2.24, 2.45) is 5.73 Å². The second-order valence-electron chi connectivity index (χ2n) is 7.65. The summed E-state index contributed by atoms with van der Waals surface area (Å²) in [4.78, 5) is 27.7. The molecule has 1 fully saturated rings. The Labute approximate surface area is 195 Å². The molecule has 3 N–H and O–H groups in total. The van der Waals surface area contributed by atoms with E-state index in [4.69, 9.17) is 17.3 Å². The van der Waals surface area contributed by atoms with E-state index in [2.05, 4.69) is 0 Å². The molecular formula is C21H23ClF2N4O4S. The Balaban J connectivity index is 1.48. The van der Waals surface area contributed by atoms with E-state index in [-0.39, 0.29) is 49.8 Å². The van der Waals surface area contributed by atoms with Crippen LogP contribution in [0.3, 0.4) is 0 Å². The number of nitrogens with one attached hydrogen (secondary N) is 1. The summed E-state index contributed by atoms with van der Waals surface area (Å²) in [6, 6.07) is 7.49. The zero-order chi connectivity index (χ0) is 24.2. The van der Waals surface area contributed by atoms with Gasteiger partial charge in [0.15, 0.2) is 11.6 Å². The maximum Gasteiger partial charge on any atom is 0.331 e. The first-order valence-electron chi connectivity index (χ1n) is 10.1.